The summed E-state index contributed by atoms with van der Waals surface area (Å²) >= 11 is 0. The number of ether oxygens (including phenoxy) is 2. The third-order valence-electron chi connectivity index (χ3n) is 2.13. The highest BCUT2D eigenvalue weighted by atomic mass is 19.3. The smallest absolute Gasteiger partial charge is 0.279 e. The monoisotopic (exact) mass is 298 g/mol. The third-order valence-corrected chi connectivity index (χ3v) is 2.13. The van der Waals surface area contributed by atoms with Crippen molar-refractivity contribution >= 4 is 0 Å². The van der Waals surface area contributed by atoms with Crippen molar-refractivity contribution in [2.45, 2.75) is 51.1 Å². The Morgan fingerprint density at radius 2 is 1.42 bits per heavy atom. The van der Waals surface area contributed by atoms with Crippen LogP contribution in [0.3, 0.4) is 0 Å². The third kappa shape index (κ3) is 4.64. The Morgan fingerprint density at radius 3 is 1.74 bits per heavy atom. The van der Waals surface area contributed by atoms with Gasteiger partial charge in [-0.05, 0) is 6.92 Å². The van der Waals surface area contributed by atoms with E-state index in [0.717, 1.165) is 6.92 Å². The summed E-state index contributed by atoms with van der Waals surface area (Å²) in [6.07, 6.45) is -10.7. The molecule has 0 rings (SSSR count). The van der Waals surface area contributed by atoms with Crippen molar-refractivity contribution in [3.8, 4) is 0 Å². The maximum Gasteiger partial charge on any atom is 0.417 e. The van der Waals surface area contributed by atoms with Gasteiger partial charge in [0.05, 0.1) is 0 Å². The van der Waals surface area contributed by atoms with Crippen LogP contribution in [0.4, 0.5) is 30.7 Å². The van der Waals surface area contributed by atoms with Gasteiger partial charge in [-0.1, -0.05) is 13.5 Å². The first-order valence-electron chi connectivity index (χ1n) is 5.05. The maximum absolute atomic E-state index is 13.4. The van der Waals surface area contributed by atoms with Gasteiger partial charge in [-0.3, -0.25) is 9.47 Å². The van der Waals surface area contributed by atoms with E-state index in [1.165, 1.54) is 0 Å². The number of halogens is 7. The van der Waals surface area contributed by atoms with E-state index in [-0.39, 0.29) is 6.92 Å². The minimum atomic E-state index is -5.08. The second-order valence-corrected chi connectivity index (χ2v) is 4.01. The zero-order chi connectivity index (χ0) is 15.7. The van der Waals surface area contributed by atoms with E-state index in [0.29, 0.717) is 6.92 Å². The zero-order valence-corrected chi connectivity index (χ0v) is 10.4. The topological polar surface area (TPSA) is 18.5 Å². The zero-order valence-electron chi connectivity index (χ0n) is 10.4. The van der Waals surface area contributed by atoms with Crippen LogP contribution in [0, 0.1) is 0 Å². The van der Waals surface area contributed by atoms with Crippen molar-refractivity contribution < 1.29 is 40.2 Å². The molecule has 114 valence electrons. The standard InChI is InChI=1S/C10H13F7O2/c1-5-7(3,12)18-10(16,17)8(4,13)19-9(14,15)6(2)11/h2,5H2,1,3-4H3. The molecule has 0 aromatic rings. The summed E-state index contributed by atoms with van der Waals surface area (Å²) in [4.78, 5) is 0. The van der Waals surface area contributed by atoms with Gasteiger partial charge < -0.3 is 0 Å². The first-order valence-corrected chi connectivity index (χ1v) is 5.05. The molecule has 0 aromatic carbocycles. The minimum absolute atomic E-state index is 0.143. The summed E-state index contributed by atoms with van der Waals surface area (Å²) in [5, 5.41) is 0. The lowest BCUT2D eigenvalue weighted by Crippen LogP contribution is -2.52. The van der Waals surface area contributed by atoms with Gasteiger partial charge in [0.1, 0.15) is 0 Å². The van der Waals surface area contributed by atoms with Gasteiger partial charge in [-0.25, -0.2) is 13.2 Å². The molecule has 0 aliphatic heterocycles. The average Bonchev–Trinajstić information content (AvgIpc) is 2.13. The second kappa shape index (κ2) is 5.28. The van der Waals surface area contributed by atoms with Crippen LogP contribution >= 0.6 is 0 Å². The predicted octanol–water partition coefficient (Wildman–Crippen LogP) is 4.47. The second-order valence-electron chi connectivity index (χ2n) is 4.01. The highest BCUT2D eigenvalue weighted by Crippen LogP contribution is 2.43. The van der Waals surface area contributed by atoms with Gasteiger partial charge in [-0.15, -0.1) is 0 Å². The van der Waals surface area contributed by atoms with Crippen LogP contribution < -0.4 is 0 Å². The van der Waals surface area contributed by atoms with Crippen LogP contribution in [0.1, 0.15) is 27.2 Å². The van der Waals surface area contributed by atoms with Crippen LogP contribution in [0.25, 0.3) is 0 Å². The van der Waals surface area contributed by atoms with E-state index < -0.39 is 36.2 Å². The van der Waals surface area contributed by atoms with Crippen LogP contribution in [0.2, 0.25) is 0 Å². The van der Waals surface area contributed by atoms with E-state index in [2.05, 4.69) is 16.1 Å². The molecular weight excluding hydrogens is 285 g/mol. The Morgan fingerprint density at radius 1 is 1.00 bits per heavy atom. The SMILES string of the molecule is C=C(F)C(F)(F)OC(C)(F)C(F)(F)OC(C)(F)CC. The lowest BCUT2D eigenvalue weighted by Gasteiger charge is -2.35. The molecule has 0 aliphatic rings. The van der Waals surface area contributed by atoms with Gasteiger partial charge in [-0.2, -0.15) is 17.6 Å². The highest BCUT2D eigenvalue weighted by Gasteiger charge is 2.62. The molecule has 0 heterocycles. The quantitative estimate of drug-likeness (QED) is 0.646. The molecule has 0 spiro atoms. The van der Waals surface area contributed by atoms with Crippen LogP contribution in [-0.2, 0) is 9.47 Å². The number of hydrogen-bond acceptors (Lipinski definition) is 2. The summed E-state index contributed by atoms with van der Waals surface area (Å²) in [5.74, 6) is -9.94. The summed E-state index contributed by atoms with van der Waals surface area (Å²) in [5.41, 5.74) is 0. The Hall–Kier alpha value is -0.830. The largest absolute Gasteiger partial charge is 0.417 e. The molecule has 19 heavy (non-hydrogen) atoms. The van der Waals surface area contributed by atoms with Crippen LogP contribution in [0.15, 0.2) is 12.4 Å². The van der Waals surface area contributed by atoms with Crippen LogP contribution in [-0.4, -0.2) is 23.9 Å². The fourth-order valence-electron chi connectivity index (χ4n) is 0.786. The Labute approximate surface area is 105 Å². The molecule has 2 unspecified atom stereocenters. The Balaban J connectivity index is 5.13. The van der Waals surface area contributed by atoms with Gasteiger partial charge in [0.2, 0.25) is 5.85 Å². The van der Waals surface area contributed by atoms with Gasteiger partial charge in [0.25, 0.3) is 0 Å². The summed E-state index contributed by atoms with van der Waals surface area (Å²) in [6.45, 7) is 3.62. The fourth-order valence-corrected chi connectivity index (χ4v) is 0.786. The van der Waals surface area contributed by atoms with Crippen molar-refractivity contribution in [1.82, 2.24) is 0 Å². The molecular formula is C10H13F7O2. The van der Waals surface area contributed by atoms with E-state index in [9.17, 15) is 30.7 Å². The maximum atomic E-state index is 13.4. The molecule has 0 radical (unpaired) electrons. The van der Waals surface area contributed by atoms with Gasteiger partial charge >= 0.3 is 18.1 Å². The molecule has 2 atom stereocenters. The lowest BCUT2D eigenvalue weighted by atomic mass is 10.2. The minimum Gasteiger partial charge on any atom is -0.279 e. The molecule has 0 bridgehead atoms. The van der Waals surface area contributed by atoms with E-state index in [4.69, 9.17) is 0 Å². The molecule has 9 heteroatoms. The van der Waals surface area contributed by atoms with Crippen molar-refractivity contribution in [2.24, 2.45) is 0 Å². The summed E-state index contributed by atoms with van der Waals surface area (Å²) < 4.78 is 97.2. The van der Waals surface area contributed by atoms with Crippen molar-refractivity contribution in [3.63, 3.8) is 0 Å². The summed E-state index contributed by atoms with van der Waals surface area (Å²) in [6, 6.07) is 0. The lowest BCUT2D eigenvalue weighted by molar-refractivity contribution is -0.454. The highest BCUT2D eigenvalue weighted by molar-refractivity contribution is 4.93. The van der Waals surface area contributed by atoms with Crippen molar-refractivity contribution in [1.29, 1.82) is 0 Å². The van der Waals surface area contributed by atoms with Crippen molar-refractivity contribution in [2.75, 3.05) is 0 Å². The van der Waals surface area contributed by atoms with E-state index >= 15 is 0 Å². The van der Waals surface area contributed by atoms with E-state index in [1.807, 2.05) is 0 Å². The molecule has 0 saturated heterocycles. The Kier molecular flexibility index (Phi) is 5.05. The number of hydrogen-bond donors (Lipinski definition) is 0. The molecule has 0 amide bonds. The van der Waals surface area contributed by atoms with Crippen LogP contribution in [0.5, 0.6) is 0 Å². The molecule has 2 nitrogen and oxygen atoms in total. The van der Waals surface area contributed by atoms with Crippen molar-refractivity contribution in [3.05, 3.63) is 12.4 Å². The first kappa shape index (κ1) is 18.2. The molecule has 0 fully saturated rings. The first-order chi connectivity index (χ1) is 8.17. The number of alkyl halides is 6. The normalized spacial score (nSPS) is 19.7. The molecule has 0 saturated carbocycles. The summed E-state index contributed by atoms with van der Waals surface area (Å²) in [7, 11) is 0. The van der Waals surface area contributed by atoms with E-state index in [1.54, 1.807) is 0 Å². The number of rotatable bonds is 7. The average molecular weight is 298 g/mol. The molecule has 0 aliphatic carbocycles. The fraction of sp³-hybridized carbons (Fsp3) is 0.800. The van der Waals surface area contributed by atoms with Gasteiger partial charge in [0, 0.05) is 13.3 Å². The Bertz CT molecular complexity index is 339. The predicted molar refractivity (Wildman–Crippen MR) is 51.6 cm³/mol. The molecule has 0 aromatic heterocycles. The molecule has 0 N–H and O–H groups in total. The van der Waals surface area contributed by atoms with Gasteiger partial charge in [0.15, 0.2) is 5.83 Å².